The van der Waals surface area contributed by atoms with Gasteiger partial charge in [-0.15, -0.1) is 0 Å². The normalized spacial score (nSPS) is 10.4. The third-order valence-electron chi connectivity index (χ3n) is 3.72. The topological polar surface area (TPSA) is 45.2 Å². The Labute approximate surface area is 138 Å². The molecule has 2 rings (SSSR count). The highest BCUT2D eigenvalue weighted by atomic mass is 16.2. The number of aromatic nitrogens is 1. The molecule has 0 spiro atoms. The van der Waals surface area contributed by atoms with E-state index in [4.69, 9.17) is 0 Å². The van der Waals surface area contributed by atoms with Gasteiger partial charge in [0.25, 0.3) is 5.91 Å². The van der Waals surface area contributed by atoms with Crippen LogP contribution in [0.5, 0.6) is 0 Å². The van der Waals surface area contributed by atoms with Crippen molar-refractivity contribution in [3.63, 3.8) is 0 Å². The van der Waals surface area contributed by atoms with E-state index < -0.39 is 0 Å². The van der Waals surface area contributed by atoms with Crippen LogP contribution in [0.1, 0.15) is 42.7 Å². The lowest BCUT2D eigenvalue weighted by Gasteiger charge is -2.21. The molecule has 2 aromatic rings. The summed E-state index contributed by atoms with van der Waals surface area (Å²) >= 11 is 0. The molecule has 0 unspecified atom stereocenters. The molecule has 1 N–H and O–H groups in total. The first kappa shape index (κ1) is 17.0. The van der Waals surface area contributed by atoms with Gasteiger partial charge in [0, 0.05) is 18.8 Å². The molecule has 0 radical (unpaired) electrons. The average molecular weight is 311 g/mol. The summed E-state index contributed by atoms with van der Waals surface area (Å²) in [7, 11) is 0. The third kappa shape index (κ3) is 4.55. The van der Waals surface area contributed by atoms with Crippen molar-refractivity contribution in [2.45, 2.75) is 33.6 Å². The van der Waals surface area contributed by atoms with Crippen LogP contribution in [0, 0.1) is 6.92 Å². The Morgan fingerprint density at radius 3 is 2.65 bits per heavy atom. The number of hydrogen-bond acceptors (Lipinski definition) is 3. The van der Waals surface area contributed by atoms with Crippen LogP contribution in [-0.4, -0.2) is 24.0 Å². The van der Waals surface area contributed by atoms with Crippen LogP contribution in [0.25, 0.3) is 0 Å². The van der Waals surface area contributed by atoms with E-state index in [1.807, 2.05) is 44.2 Å². The molecule has 4 nitrogen and oxygen atoms in total. The molecule has 0 aliphatic rings. The summed E-state index contributed by atoms with van der Waals surface area (Å²) in [5.41, 5.74) is 3.46. The highest BCUT2D eigenvalue weighted by Gasteiger charge is 2.17. The predicted octanol–water partition coefficient (Wildman–Crippen LogP) is 4.27. The molecule has 4 heteroatoms. The molecule has 122 valence electrons. The molecule has 0 fully saturated rings. The van der Waals surface area contributed by atoms with Crippen LogP contribution in [0.2, 0.25) is 0 Å². The monoisotopic (exact) mass is 311 g/mol. The van der Waals surface area contributed by atoms with Gasteiger partial charge in [0.05, 0.1) is 11.9 Å². The SMILES string of the molecule is CCCCNc1ccc(C(=O)N(CC)c2cccc(C)c2)nc1. The maximum absolute atomic E-state index is 12.7. The quantitative estimate of drug-likeness (QED) is 0.777. The summed E-state index contributed by atoms with van der Waals surface area (Å²) in [6, 6.07) is 11.7. The second kappa shape index (κ2) is 8.32. The van der Waals surface area contributed by atoms with Gasteiger partial charge in [-0.1, -0.05) is 25.5 Å². The number of nitrogens with zero attached hydrogens (tertiary/aromatic N) is 2. The van der Waals surface area contributed by atoms with Crippen LogP contribution in [0.4, 0.5) is 11.4 Å². The van der Waals surface area contributed by atoms with E-state index in [9.17, 15) is 4.79 Å². The summed E-state index contributed by atoms with van der Waals surface area (Å²) in [5.74, 6) is -0.0711. The Morgan fingerprint density at radius 2 is 2.04 bits per heavy atom. The first-order valence-electron chi connectivity index (χ1n) is 8.24. The van der Waals surface area contributed by atoms with Crippen molar-refractivity contribution in [1.29, 1.82) is 0 Å². The number of carbonyl (C=O) groups excluding carboxylic acids is 1. The van der Waals surface area contributed by atoms with Gasteiger partial charge in [0.15, 0.2) is 0 Å². The molecule has 0 aliphatic heterocycles. The van der Waals surface area contributed by atoms with Gasteiger partial charge in [0.2, 0.25) is 0 Å². The van der Waals surface area contributed by atoms with Gasteiger partial charge in [0.1, 0.15) is 5.69 Å². The van der Waals surface area contributed by atoms with Gasteiger partial charge in [-0.25, -0.2) is 4.98 Å². The first-order chi connectivity index (χ1) is 11.2. The van der Waals surface area contributed by atoms with Crippen molar-refractivity contribution in [2.75, 3.05) is 23.3 Å². The maximum Gasteiger partial charge on any atom is 0.276 e. The summed E-state index contributed by atoms with van der Waals surface area (Å²) in [5, 5.41) is 3.31. The van der Waals surface area contributed by atoms with Gasteiger partial charge < -0.3 is 10.2 Å². The van der Waals surface area contributed by atoms with E-state index >= 15 is 0 Å². The molecular formula is C19H25N3O. The largest absolute Gasteiger partial charge is 0.384 e. The average Bonchev–Trinajstić information content (AvgIpc) is 2.56. The second-order valence-electron chi connectivity index (χ2n) is 5.60. The number of aryl methyl sites for hydroxylation is 1. The summed E-state index contributed by atoms with van der Waals surface area (Å²) < 4.78 is 0. The standard InChI is InChI=1S/C19H25N3O/c1-4-6-12-20-16-10-11-18(21-14-16)19(23)22(5-2)17-9-7-8-15(3)13-17/h7-11,13-14,20H,4-6,12H2,1-3H3. The molecule has 1 amide bonds. The zero-order valence-electron chi connectivity index (χ0n) is 14.2. The van der Waals surface area contributed by atoms with Gasteiger partial charge >= 0.3 is 0 Å². The van der Waals surface area contributed by atoms with Crippen LogP contribution in [-0.2, 0) is 0 Å². The molecular weight excluding hydrogens is 286 g/mol. The molecule has 1 aromatic heterocycles. The van der Waals surface area contributed by atoms with E-state index in [-0.39, 0.29) is 5.91 Å². The predicted molar refractivity (Wildman–Crippen MR) is 96.2 cm³/mol. The number of benzene rings is 1. The number of nitrogens with one attached hydrogen (secondary N) is 1. The number of rotatable bonds is 7. The molecule has 23 heavy (non-hydrogen) atoms. The number of hydrogen-bond donors (Lipinski definition) is 1. The number of amides is 1. The first-order valence-corrected chi connectivity index (χ1v) is 8.24. The molecule has 0 saturated carbocycles. The lowest BCUT2D eigenvalue weighted by Crippen LogP contribution is -2.31. The third-order valence-corrected chi connectivity index (χ3v) is 3.72. The van der Waals surface area contributed by atoms with Gasteiger partial charge in [-0.3, -0.25) is 4.79 Å². The van der Waals surface area contributed by atoms with Crippen LogP contribution >= 0.6 is 0 Å². The fourth-order valence-corrected chi connectivity index (χ4v) is 2.41. The summed E-state index contributed by atoms with van der Waals surface area (Å²) in [6.07, 6.45) is 4.00. The Morgan fingerprint density at radius 1 is 1.22 bits per heavy atom. The lowest BCUT2D eigenvalue weighted by atomic mass is 10.2. The Balaban J connectivity index is 2.11. The molecule has 0 saturated heterocycles. The van der Waals surface area contributed by atoms with Crippen molar-refractivity contribution in [3.8, 4) is 0 Å². The minimum atomic E-state index is -0.0711. The Bertz CT molecular complexity index is 637. The van der Waals surface area contributed by atoms with Crippen molar-refractivity contribution in [1.82, 2.24) is 4.98 Å². The minimum Gasteiger partial charge on any atom is -0.384 e. The zero-order valence-corrected chi connectivity index (χ0v) is 14.2. The van der Waals surface area contributed by atoms with Gasteiger partial charge in [-0.2, -0.15) is 0 Å². The maximum atomic E-state index is 12.7. The van der Waals surface area contributed by atoms with Crippen molar-refractivity contribution >= 4 is 17.3 Å². The molecule has 1 heterocycles. The van der Waals surface area contributed by atoms with Crippen molar-refractivity contribution in [3.05, 3.63) is 53.9 Å². The number of pyridine rings is 1. The van der Waals surface area contributed by atoms with Crippen LogP contribution < -0.4 is 10.2 Å². The highest BCUT2D eigenvalue weighted by Crippen LogP contribution is 2.18. The van der Waals surface area contributed by atoms with Crippen molar-refractivity contribution < 1.29 is 4.79 Å². The number of unbranched alkanes of at least 4 members (excludes halogenated alkanes) is 1. The van der Waals surface area contributed by atoms with E-state index in [0.717, 1.165) is 36.3 Å². The number of carbonyl (C=O) groups is 1. The van der Waals surface area contributed by atoms with E-state index in [2.05, 4.69) is 17.2 Å². The highest BCUT2D eigenvalue weighted by molar-refractivity contribution is 6.04. The number of anilines is 2. The fraction of sp³-hybridized carbons (Fsp3) is 0.368. The fourth-order valence-electron chi connectivity index (χ4n) is 2.41. The molecule has 0 aliphatic carbocycles. The van der Waals surface area contributed by atoms with E-state index in [1.165, 1.54) is 0 Å². The Kier molecular flexibility index (Phi) is 6.15. The lowest BCUT2D eigenvalue weighted by molar-refractivity contribution is 0.0983. The minimum absolute atomic E-state index is 0.0711. The Hall–Kier alpha value is -2.36. The van der Waals surface area contributed by atoms with Crippen LogP contribution in [0.3, 0.4) is 0 Å². The summed E-state index contributed by atoms with van der Waals surface area (Å²) in [4.78, 5) is 18.8. The molecule has 0 atom stereocenters. The van der Waals surface area contributed by atoms with Crippen LogP contribution in [0.15, 0.2) is 42.6 Å². The second-order valence-corrected chi connectivity index (χ2v) is 5.60. The van der Waals surface area contributed by atoms with Crippen molar-refractivity contribution in [2.24, 2.45) is 0 Å². The molecule has 0 bridgehead atoms. The van der Waals surface area contributed by atoms with Gasteiger partial charge in [-0.05, 0) is 50.1 Å². The zero-order chi connectivity index (χ0) is 16.7. The van der Waals surface area contributed by atoms with E-state index in [1.54, 1.807) is 17.2 Å². The summed E-state index contributed by atoms with van der Waals surface area (Å²) in [6.45, 7) is 7.69. The smallest absolute Gasteiger partial charge is 0.276 e. The molecule has 1 aromatic carbocycles. The van der Waals surface area contributed by atoms with E-state index in [0.29, 0.717) is 12.2 Å².